The summed E-state index contributed by atoms with van der Waals surface area (Å²) in [5, 5.41) is 17.1. The van der Waals surface area contributed by atoms with Gasteiger partial charge in [-0.15, -0.1) is 0 Å². The SMILES string of the molecule is O=C(NCCCNCCCCNCCCNC(=O)NC(=O)N(c1ccccc1)c1ccccc1)NC(=O)N(c1ccccc1)c1ccccc1. The number of carbonyl (C=O) groups is 4. The van der Waals surface area contributed by atoms with Crippen molar-refractivity contribution >= 4 is 46.9 Å². The van der Waals surface area contributed by atoms with Gasteiger partial charge >= 0.3 is 24.1 Å². The van der Waals surface area contributed by atoms with Crippen molar-refractivity contribution in [1.82, 2.24) is 31.9 Å². The molecular weight excluding hydrogens is 632 g/mol. The fraction of sp³-hybridized carbons (Fsp3) is 0.263. The number of benzene rings is 4. The molecule has 0 fully saturated rings. The lowest BCUT2D eigenvalue weighted by Crippen LogP contribution is -2.45. The van der Waals surface area contributed by atoms with E-state index in [9.17, 15) is 19.2 Å². The fourth-order valence-electron chi connectivity index (χ4n) is 5.05. The third-order valence-electron chi connectivity index (χ3n) is 7.49. The molecule has 0 spiro atoms. The summed E-state index contributed by atoms with van der Waals surface area (Å²) in [7, 11) is 0. The van der Waals surface area contributed by atoms with Gasteiger partial charge in [0, 0.05) is 13.1 Å². The number of imide groups is 2. The van der Waals surface area contributed by atoms with Crippen molar-refractivity contribution in [3.63, 3.8) is 0 Å². The standard InChI is InChI=1S/C38H46N8O4/c47-35(43-37(49)45(31-17-5-1-6-18-31)32-19-7-2-8-20-32)41-29-15-27-39-25-13-14-26-40-28-16-30-42-36(48)44-38(50)46(33-21-9-3-10-22-33)34-23-11-4-12-24-34/h1-12,17-24,39-40H,13-16,25-30H2,(H2,41,43,47,49)(H2,42,44,48,50). The molecule has 0 aromatic heterocycles. The molecule has 0 bridgehead atoms. The second-order valence-corrected chi connectivity index (χ2v) is 11.3. The highest BCUT2D eigenvalue weighted by molar-refractivity contribution is 6.07. The normalized spacial score (nSPS) is 10.5. The number of carbonyl (C=O) groups excluding carboxylic acids is 4. The van der Waals surface area contributed by atoms with Crippen molar-refractivity contribution in [2.45, 2.75) is 25.7 Å². The summed E-state index contributed by atoms with van der Waals surface area (Å²) >= 11 is 0. The minimum absolute atomic E-state index is 0.433. The van der Waals surface area contributed by atoms with Gasteiger partial charge in [0.2, 0.25) is 0 Å². The molecule has 4 aromatic carbocycles. The molecule has 0 atom stereocenters. The summed E-state index contributed by atoms with van der Waals surface area (Å²) in [4.78, 5) is 53.6. The monoisotopic (exact) mass is 678 g/mol. The van der Waals surface area contributed by atoms with Gasteiger partial charge in [0.1, 0.15) is 0 Å². The number of anilines is 4. The predicted molar refractivity (Wildman–Crippen MR) is 198 cm³/mol. The Balaban J connectivity index is 0.989. The first kappa shape index (κ1) is 37.1. The van der Waals surface area contributed by atoms with Crippen LogP contribution in [-0.4, -0.2) is 63.4 Å². The van der Waals surface area contributed by atoms with E-state index in [-0.39, 0.29) is 0 Å². The molecule has 12 heteroatoms. The summed E-state index contributed by atoms with van der Waals surface area (Å²) in [6.07, 6.45) is 3.44. The second-order valence-electron chi connectivity index (χ2n) is 11.3. The van der Waals surface area contributed by atoms with Crippen LogP contribution < -0.4 is 41.7 Å². The van der Waals surface area contributed by atoms with E-state index in [0.29, 0.717) is 35.8 Å². The highest BCUT2D eigenvalue weighted by Gasteiger charge is 2.21. The molecule has 0 aliphatic heterocycles. The molecule has 0 saturated carbocycles. The summed E-state index contributed by atoms with van der Waals surface area (Å²) in [6, 6.07) is 34.5. The van der Waals surface area contributed by atoms with Crippen LogP contribution in [0.2, 0.25) is 0 Å². The molecule has 4 rings (SSSR count). The lowest BCUT2D eigenvalue weighted by molar-refractivity contribution is 0.229. The van der Waals surface area contributed by atoms with E-state index in [1.165, 1.54) is 9.80 Å². The van der Waals surface area contributed by atoms with Crippen LogP contribution in [-0.2, 0) is 0 Å². The summed E-state index contributed by atoms with van der Waals surface area (Å²) in [5.41, 5.74) is 2.63. The second kappa shape index (κ2) is 21.3. The number of hydrogen-bond acceptors (Lipinski definition) is 6. The van der Waals surface area contributed by atoms with Gasteiger partial charge in [-0.1, -0.05) is 72.8 Å². The fourth-order valence-corrected chi connectivity index (χ4v) is 5.05. The van der Waals surface area contributed by atoms with Crippen LogP contribution in [0.5, 0.6) is 0 Å². The van der Waals surface area contributed by atoms with Crippen molar-refractivity contribution in [1.29, 1.82) is 0 Å². The lowest BCUT2D eigenvalue weighted by Gasteiger charge is -2.23. The van der Waals surface area contributed by atoms with Crippen LogP contribution in [0.3, 0.4) is 0 Å². The summed E-state index contributed by atoms with van der Waals surface area (Å²) in [5.74, 6) is 0. The van der Waals surface area contributed by atoms with Gasteiger partial charge in [0.15, 0.2) is 0 Å². The van der Waals surface area contributed by atoms with E-state index in [1.54, 1.807) is 0 Å². The highest BCUT2D eigenvalue weighted by atomic mass is 16.2. The molecular formula is C38H46N8O4. The molecule has 0 radical (unpaired) electrons. The Morgan fingerprint density at radius 1 is 0.380 bits per heavy atom. The van der Waals surface area contributed by atoms with Gasteiger partial charge in [-0.2, -0.15) is 0 Å². The predicted octanol–water partition coefficient (Wildman–Crippen LogP) is 6.24. The lowest BCUT2D eigenvalue weighted by atomic mass is 10.2. The molecule has 262 valence electrons. The molecule has 0 aliphatic rings. The van der Waals surface area contributed by atoms with E-state index in [2.05, 4.69) is 31.9 Å². The Morgan fingerprint density at radius 3 is 0.960 bits per heavy atom. The molecule has 6 N–H and O–H groups in total. The van der Waals surface area contributed by atoms with E-state index < -0.39 is 24.1 Å². The molecule has 8 amide bonds. The number of unbranched alkanes of at least 4 members (excludes halogenated alkanes) is 1. The zero-order valence-electron chi connectivity index (χ0n) is 28.1. The number of nitrogens with zero attached hydrogens (tertiary/aromatic N) is 2. The van der Waals surface area contributed by atoms with Gasteiger partial charge in [-0.25, -0.2) is 19.2 Å². The number of amides is 8. The summed E-state index contributed by atoms with van der Waals surface area (Å²) < 4.78 is 0. The maximum Gasteiger partial charge on any atom is 0.334 e. The minimum Gasteiger partial charge on any atom is -0.338 e. The van der Waals surface area contributed by atoms with Crippen LogP contribution in [0.25, 0.3) is 0 Å². The van der Waals surface area contributed by atoms with E-state index in [1.807, 2.05) is 121 Å². The minimum atomic E-state index is -0.542. The van der Waals surface area contributed by atoms with Crippen molar-refractivity contribution in [3.05, 3.63) is 121 Å². The van der Waals surface area contributed by atoms with Crippen LogP contribution in [0.1, 0.15) is 25.7 Å². The van der Waals surface area contributed by atoms with Gasteiger partial charge in [0.25, 0.3) is 0 Å². The Hall–Kier alpha value is -5.72. The van der Waals surface area contributed by atoms with Gasteiger partial charge in [-0.05, 0) is 100 Å². The first-order valence-corrected chi connectivity index (χ1v) is 16.9. The zero-order chi connectivity index (χ0) is 35.2. The molecule has 50 heavy (non-hydrogen) atoms. The average molecular weight is 679 g/mol. The third-order valence-corrected chi connectivity index (χ3v) is 7.49. The van der Waals surface area contributed by atoms with Gasteiger partial charge in [-0.3, -0.25) is 20.4 Å². The van der Waals surface area contributed by atoms with Crippen LogP contribution in [0.4, 0.5) is 41.9 Å². The van der Waals surface area contributed by atoms with Crippen molar-refractivity contribution in [2.24, 2.45) is 0 Å². The quantitative estimate of drug-likeness (QED) is 0.0729. The van der Waals surface area contributed by atoms with Crippen LogP contribution >= 0.6 is 0 Å². The largest absolute Gasteiger partial charge is 0.338 e. The smallest absolute Gasteiger partial charge is 0.334 e. The number of para-hydroxylation sites is 4. The Labute approximate surface area is 293 Å². The number of hydrogen-bond donors (Lipinski definition) is 6. The van der Waals surface area contributed by atoms with Crippen LogP contribution in [0.15, 0.2) is 121 Å². The first-order valence-electron chi connectivity index (χ1n) is 16.9. The van der Waals surface area contributed by atoms with Gasteiger partial charge < -0.3 is 21.3 Å². The average Bonchev–Trinajstić information content (AvgIpc) is 3.13. The van der Waals surface area contributed by atoms with Crippen molar-refractivity contribution in [2.75, 3.05) is 49.1 Å². The zero-order valence-corrected chi connectivity index (χ0v) is 28.1. The Morgan fingerprint density at radius 2 is 0.660 bits per heavy atom. The number of rotatable bonds is 17. The summed E-state index contributed by atoms with van der Waals surface area (Å²) in [6.45, 7) is 4.06. The van der Waals surface area contributed by atoms with Crippen molar-refractivity contribution < 1.29 is 19.2 Å². The maximum absolute atomic E-state index is 13.0. The maximum atomic E-state index is 13.0. The molecule has 0 heterocycles. The first-order chi connectivity index (χ1) is 24.5. The third kappa shape index (κ3) is 12.7. The number of nitrogens with one attached hydrogen (secondary N) is 6. The topological polar surface area (TPSA) is 147 Å². The van der Waals surface area contributed by atoms with Crippen molar-refractivity contribution in [3.8, 4) is 0 Å². The highest BCUT2D eigenvalue weighted by Crippen LogP contribution is 2.26. The Kier molecular flexibility index (Phi) is 15.8. The van der Waals surface area contributed by atoms with Crippen LogP contribution in [0, 0.1) is 0 Å². The van der Waals surface area contributed by atoms with Gasteiger partial charge in [0.05, 0.1) is 22.7 Å². The molecule has 0 unspecified atom stereocenters. The molecule has 0 aliphatic carbocycles. The van der Waals surface area contributed by atoms with E-state index in [4.69, 9.17) is 0 Å². The Bertz CT molecular complexity index is 1390. The number of urea groups is 4. The molecule has 4 aromatic rings. The van der Waals surface area contributed by atoms with E-state index >= 15 is 0 Å². The van der Waals surface area contributed by atoms with E-state index in [0.717, 1.165) is 51.9 Å². The molecule has 12 nitrogen and oxygen atoms in total. The molecule has 0 saturated heterocycles.